The van der Waals surface area contributed by atoms with Crippen molar-refractivity contribution in [1.82, 2.24) is 10.4 Å². The average molecular weight is 451 g/mol. The first-order valence-corrected chi connectivity index (χ1v) is 12.0. The molecule has 5 rings (SSSR count). The third-order valence-corrected chi connectivity index (χ3v) is 7.20. The van der Waals surface area contributed by atoms with Gasteiger partial charge < -0.3 is 10.1 Å². The lowest BCUT2D eigenvalue weighted by atomic mass is 9.85. The van der Waals surface area contributed by atoms with Gasteiger partial charge in [-0.05, 0) is 88.6 Å². The fraction of sp³-hybridized carbons (Fsp3) is 0.500. The highest BCUT2D eigenvalue weighted by molar-refractivity contribution is 6.13. The number of carbonyl (C=O) groups is 2. The molecule has 33 heavy (non-hydrogen) atoms. The molecule has 0 radical (unpaired) electrons. The molecule has 2 bridgehead atoms. The Bertz CT molecular complexity index is 1200. The number of amides is 1. The fourth-order valence-corrected chi connectivity index (χ4v) is 5.23. The van der Waals surface area contributed by atoms with E-state index in [1.807, 2.05) is 39.8 Å². The smallest absolute Gasteiger partial charge is 0.326 e. The topological polar surface area (TPSA) is 97.8 Å². The van der Waals surface area contributed by atoms with Gasteiger partial charge in [0, 0.05) is 22.3 Å². The molecule has 1 aromatic carbocycles. The van der Waals surface area contributed by atoms with Gasteiger partial charge in [-0.25, -0.2) is 4.79 Å². The lowest BCUT2D eigenvalue weighted by Crippen LogP contribution is -2.45. The van der Waals surface area contributed by atoms with Crippen LogP contribution in [-0.4, -0.2) is 33.7 Å². The number of benzene rings is 1. The maximum atomic E-state index is 13.2. The van der Waals surface area contributed by atoms with E-state index >= 15 is 0 Å². The molecular weight excluding hydrogens is 416 g/mol. The van der Waals surface area contributed by atoms with E-state index in [4.69, 9.17) is 0 Å². The summed E-state index contributed by atoms with van der Waals surface area (Å²) in [5.41, 5.74) is 10.9. The van der Waals surface area contributed by atoms with Crippen LogP contribution in [-0.2, 0) is 21.4 Å². The van der Waals surface area contributed by atoms with Crippen LogP contribution in [0.2, 0.25) is 0 Å². The zero-order chi connectivity index (χ0) is 24.1. The number of aromatic amines is 1. The molecule has 7 heteroatoms. The van der Waals surface area contributed by atoms with Crippen molar-refractivity contribution >= 4 is 34.2 Å². The zero-order valence-electron chi connectivity index (χ0n) is 20.4. The molecule has 1 unspecified atom stereocenters. The second-order valence-corrected chi connectivity index (χ2v) is 9.46. The minimum Gasteiger partial charge on any atom is -0.480 e. The SMILES string of the molecule is CC.CC1=C2CCCc3c([nH]c4cc5c(cc34)N(C(C)C(=O)O)C(=O)C5(C)C)C(=NN1)CC2. The van der Waals surface area contributed by atoms with E-state index in [2.05, 4.69) is 22.4 Å². The number of nitrogens with one attached hydrogen (secondary N) is 2. The summed E-state index contributed by atoms with van der Waals surface area (Å²) in [6, 6.07) is 3.13. The molecule has 1 aliphatic carbocycles. The zero-order valence-corrected chi connectivity index (χ0v) is 20.4. The van der Waals surface area contributed by atoms with Crippen LogP contribution in [0, 0.1) is 0 Å². The van der Waals surface area contributed by atoms with Crippen molar-refractivity contribution in [3.8, 4) is 0 Å². The highest BCUT2D eigenvalue weighted by Crippen LogP contribution is 2.45. The Morgan fingerprint density at radius 1 is 1.18 bits per heavy atom. The number of carboxylic acids is 1. The van der Waals surface area contributed by atoms with Crippen LogP contribution in [0.15, 0.2) is 28.5 Å². The first kappa shape index (κ1) is 23.1. The second-order valence-electron chi connectivity index (χ2n) is 9.46. The molecule has 1 aromatic heterocycles. The van der Waals surface area contributed by atoms with Crippen molar-refractivity contribution in [3.63, 3.8) is 0 Å². The van der Waals surface area contributed by atoms with E-state index in [1.165, 1.54) is 16.0 Å². The van der Waals surface area contributed by atoms with Crippen molar-refractivity contribution in [2.45, 2.75) is 85.1 Å². The predicted octanol–water partition coefficient (Wildman–Crippen LogP) is 4.99. The van der Waals surface area contributed by atoms with Gasteiger partial charge in [0.15, 0.2) is 0 Å². The fourth-order valence-electron chi connectivity index (χ4n) is 5.23. The summed E-state index contributed by atoms with van der Waals surface area (Å²) in [7, 11) is 0. The van der Waals surface area contributed by atoms with E-state index in [9.17, 15) is 14.7 Å². The summed E-state index contributed by atoms with van der Waals surface area (Å²) in [6.45, 7) is 11.4. The van der Waals surface area contributed by atoms with Gasteiger partial charge >= 0.3 is 5.97 Å². The molecule has 2 aromatic rings. The number of H-pyrrole nitrogens is 1. The Hall–Kier alpha value is -3.09. The third-order valence-electron chi connectivity index (χ3n) is 7.20. The van der Waals surface area contributed by atoms with Gasteiger partial charge in [0.1, 0.15) is 6.04 Å². The minimum absolute atomic E-state index is 0.171. The number of carboxylic acid groups (broad SMARTS) is 1. The van der Waals surface area contributed by atoms with Gasteiger partial charge in [-0.15, -0.1) is 0 Å². The van der Waals surface area contributed by atoms with E-state index in [0.717, 1.165) is 65.7 Å². The number of aryl methyl sites for hydroxylation is 1. The molecule has 3 N–H and O–H groups in total. The Balaban J connectivity index is 0.00000126. The molecule has 0 spiro atoms. The number of aliphatic carboxylic acids is 1. The van der Waals surface area contributed by atoms with E-state index in [-0.39, 0.29) is 5.91 Å². The first-order valence-electron chi connectivity index (χ1n) is 12.0. The largest absolute Gasteiger partial charge is 0.480 e. The molecular formula is C26H34N4O3. The number of hydrogen-bond donors (Lipinski definition) is 3. The molecule has 7 nitrogen and oxygen atoms in total. The molecule has 1 amide bonds. The summed E-state index contributed by atoms with van der Waals surface area (Å²) in [6.07, 6.45) is 4.88. The van der Waals surface area contributed by atoms with Gasteiger partial charge in [-0.3, -0.25) is 15.1 Å². The normalized spacial score (nSPS) is 19.9. The summed E-state index contributed by atoms with van der Waals surface area (Å²) < 4.78 is 0. The van der Waals surface area contributed by atoms with Gasteiger partial charge in [-0.2, -0.15) is 5.10 Å². The van der Waals surface area contributed by atoms with Crippen molar-refractivity contribution in [2.24, 2.45) is 5.10 Å². The van der Waals surface area contributed by atoms with Gasteiger partial charge in [0.2, 0.25) is 5.91 Å². The number of hydrogen-bond acceptors (Lipinski definition) is 4. The number of allylic oxidation sites excluding steroid dienone is 2. The minimum atomic E-state index is -1.00. The monoisotopic (exact) mass is 450 g/mol. The van der Waals surface area contributed by atoms with Crippen LogP contribution in [0.3, 0.4) is 0 Å². The Kier molecular flexibility index (Phi) is 5.85. The van der Waals surface area contributed by atoms with Crippen LogP contribution in [0.5, 0.6) is 0 Å². The average Bonchev–Trinajstić information content (AvgIpc) is 3.18. The number of aromatic nitrogens is 1. The van der Waals surface area contributed by atoms with E-state index in [0.29, 0.717) is 5.69 Å². The molecule has 0 saturated carbocycles. The van der Waals surface area contributed by atoms with Gasteiger partial charge in [0.25, 0.3) is 0 Å². The lowest BCUT2D eigenvalue weighted by Gasteiger charge is -2.24. The first-order chi connectivity index (χ1) is 15.7. The maximum absolute atomic E-state index is 13.2. The molecule has 0 fully saturated rings. The molecule has 1 atom stereocenters. The molecule has 3 heterocycles. The molecule has 2 aliphatic heterocycles. The Morgan fingerprint density at radius 3 is 2.61 bits per heavy atom. The summed E-state index contributed by atoms with van der Waals surface area (Å²) >= 11 is 0. The number of rotatable bonds is 2. The quantitative estimate of drug-likeness (QED) is 0.600. The Labute approximate surface area is 194 Å². The number of hydrazone groups is 1. The van der Waals surface area contributed by atoms with Crippen molar-refractivity contribution in [1.29, 1.82) is 0 Å². The van der Waals surface area contributed by atoms with E-state index < -0.39 is 17.4 Å². The molecule has 3 aliphatic rings. The maximum Gasteiger partial charge on any atom is 0.326 e. The number of carbonyl (C=O) groups excluding carboxylic acids is 1. The van der Waals surface area contributed by atoms with Crippen LogP contribution in [0.4, 0.5) is 5.69 Å². The van der Waals surface area contributed by atoms with Crippen LogP contribution in [0.25, 0.3) is 10.9 Å². The van der Waals surface area contributed by atoms with Crippen molar-refractivity contribution in [2.75, 3.05) is 4.90 Å². The van der Waals surface area contributed by atoms with Gasteiger partial charge in [0.05, 0.1) is 16.8 Å². The summed E-state index contributed by atoms with van der Waals surface area (Å²) in [5.74, 6) is -1.17. The van der Waals surface area contributed by atoms with Crippen molar-refractivity contribution < 1.29 is 14.7 Å². The number of fused-ring (bicyclic) bond motifs is 8. The Morgan fingerprint density at radius 2 is 1.91 bits per heavy atom. The van der Waals surface area contributed by atoms with E-state index in [1.54, 1.807) is 6.92 Å². The van der Waals surface area contributed by atoms with Gasteiger partial charge in [-0.1, -0.05) is 13.8 Å². The molecule has 0 saturated heterocycles. The second kappa shape index (κ2) is 8.36. The number of anilines is 1. The standard InChI is InChI=1S/C24H28N4O3.C2H6/c1-12-14-6-5-7-15-16-10-20-17(24(3,4)23(31)28(20)13(2)22(29)30)11-19(16)25-21(15)18(9-8-14)27-26-12;1-2/h10-11,13,25-26H,5-9H2,1-4H3,(H,29,30);1-2H3. The molecule has 176 valence electrons. The van der Waals surface area contributed by atoms with Crippen LogP contribution < -0.4 is 10.3 Å². The summed E-state index contributed by atoms with van der Waals surface area (Å²) in [4.78, 5) is 29.9. The van der Waals surface area contributed by atoms with Crippen molar-refractivity contribution in [3.05, 3.63) is 40.2 Å². The predicted molar refractivity (Wildman–Crippen MR) is 132 cm³/mol. The van der Waals surface area contributed by atoms with Crippen LogP contribution >= 0.6 is 0 Å². The highest BCUT2D eigenvalue weighted by atomic mass is 16.4. The third kappa shape index (κ3) is 3.54. The highest BCUT2D eigenvalue weighted by Gasteiger charge is 2.47. The van der Waals surface area contributed by atoms with Crippen LogP contribution in [0.1, 0.15) is 84.0 Å². The summed E-state index contributed by atoms with van der Waals surface area (Å²) in [5, 5.41) is 15.4. The number of nitrogens with zero attached hydrogens (tertiary/aromatic N) is 2. The lowest BCUT2D eigenvalue weighted by molar-refractivity contribution is -0.139.